The molecule has 0 aliphatic carbocycles. The summed E-state index contributed by atoms with van der Waals surface area (Å²) in [6.07, 6.45) is 2.00. The predicted molar refractivity (Wildman–Crippen MR) is 143 cm³/mol. The Bertz CT molecular complexity index is 780. The van der Waals surface area contributed by atoms with E-state index < -0.39 is 9.85 Å². The van der Waals surface area contributed by atoms with E-state index in [1.165, 1.54) is 12.1 Å². The third-order valence-corrected chi connectivity index (χ3v) is 5.28. The molecule has 0 aliphatic heterocycles. The average Bonchev–Trinajstić information content (AvgIpc) is 2.90. The van der Waals surface area contributed by atoms with Crippen LogP contribution in [0.15, 0.2) is 18.2 Å². The summed E-state index contributed by atoms with van der Waals surface area (Å²) in [5.41, 5.74) is -0.105. The summed E-state index contributed by atoms with van der Waals surface area (Å²) in [6.45, 7) is 11.4. The van der Waals surface area contributed by atoms with Crippen molar-refractivity contribution in [3.05, 3.63) is 44.0 Å². The molecule has 0 fully saturated rings. The number of non-ortho nitro benzene ring substituents is 1. The maximum atomic E-state index is 11.1. The lowest BCUT2D eigenvalue weighted by Crippen LogP contribution is -2.14. The first kappa shape index (κ1) is 34.8. The highest BCUT2D eigenvalue weighted by Crippen LogP contribution is 2.25. The van der Waals surface area contributed by atoms with Crippen LogP contribution in [0.3, 0.4) is 0 Å². The van der Waals surface area contributed by atoms with Crippen molar-refractivity contribution in [1.82, 2.24) is 0 Å². The van der Waals surface area contributed by atoms with Crippen molar-refractivity contribution in [1.29, 1.82) is 0 Å². The number of nitro groups is 2. The molecule has 39 heavy (non-hydrogen) atoms. The second-order valence-electron chi connectivity index (χ2n) is 8.90. The van der Waals surface area contributed by atoms with Gasteiger partial charge in [0, 0.05) is 24.8 Å². The van der Waals surface area contributed by atoms with Crippen LogP contribution in [0.5, 0.6) is 0 Å². The normalized spacial score (nSPS) is 11.4. The summed E-state index contributed by atoms with van der Waals surface area (Å²) in [7, 11) is 0. The Morgan fingerprint density at radius 2 is 1.03 bits per heavy atom. The number of rotatable bonds is 27. The van der Waals surface area contributed by atoms with E-state index in [0.717, 1.165) is 19.1 Å². The number of ether oxygens (including phenoxy) is 7. The van der Waals surface area contributed by atoms with Crippen LogP contribution in [0.25, 0.3) is 0 Å². The minimum absolute atomic E-state index is 0.249. The van der Waals surface area contributed by atoms with Gasteiger partial charge in [-0.05, 0) is 31.2 Å². The highest BCUT2D eigenvalue weighted by molar-refractivity contribution is 5.49. The Kier molecular flexibility index (Phi) is 21.0. The van der Waals surface area contributed by atoms with E-state index in [9.17, 15) is 20.2 Å². The second kappa shape index (κ2) is 23.6. The monoisotopic (exact) mass is 560 g/mol. The van der Waals surface area contributed by atoms with Gasteiger partial charge >= 0.3 is 0 Å². The van der Waals surface area contributed by atoms with Crippen molar-refractivity contribution in [2.45, 2.75) is 33.1 Å². The molecule has 0 atom stereocenters. The van der Waals surface area contributed by atoms with E-state index in [1.54, 1.807) is 0 Å². The van der Waals surface area contributed by atoms with Crippen LogP contribution in [0.1, 0.15) is 32.3 Å². The fourth-order valence-electron chi connectivity index (χ4n) is 3.15. The molecule has 0 saturated heterocycles. The van der Waals surface area contributed by atoms with Crippen molar-refractivity contribution in [2.24, 2.45) is 5.92 Å². The summed E-state index contributed by atoms with van der Waals surface area (Å²) in [4.78, 5) is 20.7. The van der Waals surface area contributed by atoms with E-state index in [4.69, 9.17) is 33.2 Å². The molecule has 0 bridgehead atoms. The van der Waals surface area contributed by atoms with Gasteiger partial charge in [0.2, 0.25) is 0 Å². The molecule has 13 nitrogen and oxygen atoms in total. The van der Waals surface area contributed by atoms with Gasteiger partial charge in [-0.25, -0.2) is 0 Å². The maximum absolute atomic E-state index is 11.1. The molecule has 0 unspecified atom stereocenters. The highest BCUT2D eigenvalue weighted by atomic mass is 16.6. The van der Waals surface area contributed by atoms with E-state index in [0.29, 0.717) is 110 Å². The molecule has 0 N–H and O–H groups in total. The van der Waals surface area contributed by atoms with Crippen LogP contribution in [-0.4, -0.2) is 102 Å². The van der Waals surface area contributed by atoms with E-state index in [-0.39, 0.29) is 11.4 Å². The molecular weight excluding hydrogens is 516 g/mol. The number of benzene rings is 1. The standard InChI is InChI=1S/C26H44N2O11/c1-23(2)7-9-34-11-13-36-15-17-38-19-21-39-20-18-37-16-14-35-12-10-33-8-3-4-24-5-6-25(27(29)30)22-26(24)28(31)32/h5-6,22-23H,3-4,7-21H2,1-2H3. The zero-order chi connectivity index (χ0) is 28.6. The van der Waals surface area contributed by atoms with Gasteiger partial charge in [0.1, 0.15) is 0 Å². The zero-order valence-corrected chi connectivity index (χ0v) is 23.2. The van der Waals surface area contributed by atoms with Crippen LogP contribution in [-0.2, 0) is 39.6 Å². The minimum atomic E-state index is -0.650. The van der Waals surface area contributed by atoms with Crippen molar-refractivity contribution in [3.63, 3.8) is 0 Å². The van der Waals surface area contributed by atoms with Crippen LogP contribution in [0.2, 0.25) is 0 Å². The van der Waals surface area contributed by atoms with Gasteiger partial charge in [-0.3, -0.25) is 20.2 Å². The van der Waals surface area contributed by atoms with Crippen LogP contribution in [0.4, 0.5) is 11.4 Å². The molecule has 224 valence electrons. The first-order chi connectivity index (χ1) is 18.9. The average molecular weight is 561 g/mol. The Hall–Kier alpha value is -2.26. The van der Waals surface area contributed by atoms with Crippen molar-refractivity contribution in [3.8, 4) is 0 Å². The molecule has 0 spiro atoms. The molecule has 1 aromatic rings. The Labute approximate surface area is 230 Å². The molecule has 0 aliphatic rings. The quantitative estimate of drug-likeness (QED) is 0.0882. The Balaban J connectivity index is 1.82. The first-order valence-corrected chi connectivity index (χ1v) is 13.4. The topological polar surface area (TPSA) is 151 Å². The predicted octanol–water partition coefficient (Wildman–Crippen LogP) is 3.60. The summed E-state index contributed by atoms with van der Waals surface area (Å²) in [5.74, 6) is 0.653. The van der Waals surface area contributed by atoms with Crippen LogP contribution >= 0.6 is 0 Å². The molecule has 13 heteroatoms. The van der Waals surface area contributed by atoms with Gasteiger partial charge in [-0.2, -0.15) is 0 Å². The Morgan fingerprint density at radius 3 is 1.41 bits per heavy atom. The lowest BCUT2D eigenvalue weighted by atomic mass is 10.1. The molecule has 0 amide bonds. The number of hydrogen-bond acceptors (Lipinski definition) is 11. The van der Waals surface area contributed by atoms with Crippen LogP contribution < -0.4 is 0 Å². The Morgan fingerprint density at radius 1 is 0.615 bits per heavy atom. The molecule has 0 heterocycles. The number of nitrogens with zero attached hydrogens (tertiary/aromatic N) is 2. The van der Waals surface area contributed by atoms with Gasteiger partial charge in [0.05, 0.1) is 95.2 Å². The number of nitro benzene ring substituents is 2. The zero-order valence-electron chi connectivity index (χ0n) is 23.2. The van der Waals surface area contributed by atoms with Gasteiger partial charge in [-0.15, -0.1) is 0 Å². The number of hydrogen-bond donors (Lipinski definition) is 0. The summed E-state index contributed by atoms with van der Waals surface area (Å²) < 4.78 is 38.1. The lowest BCUT2D eigenvalue weighted by molar-refractivity contribution is -0.394. The SMILES string of the molecule is CC(C)CCOCCOCCOCCOCCOCCOCCOCCCc1ccc([N+](=O)[O-])cc1[N+](=O)[O-]. The van der Waals surface area contributed by atoms with E-state index in [1.807, 2.05) is 0 Å². The summed E-state index contributed by atoms with van der Waals surface area (Å²) in [5, 5.41) is 21.9. The van der Waals surface area contributed by atoms with Crippen molar-refractivity contribution in [2.75, 3.05) is 92.5 Å². The second-order valence-corrected chi connectivity index (χ2v) is 8.90. The third kappa shape index (κ3) is 19.4. The highest BCUT2D eigenvalue weighted by Gasteiger charge is 2.18. The molecule has 0 saturated carbocycles. The van der Waals surface area contributed by atoms with Crippen molar-refractivity contribution < 1.29 is 43.0 Å². The summed E-state index contributed by atoms with van der Waals surface area (Å²) in [6, 6.07) is 3.67. The largest absolute Gasteiger partial charge is 0.379 e. The minimum Gasteiger partial charge on any atom is -0.379 e. The molecule has 1 rings (SSSR count). The first-order valence-electron chi connectivity index (χ1n) is 13.4. The fraction of sp³-hybridized carbons (Fsp3) is 0.769. The molecule has 0 radical (unpaired) electrons. The molecule has 0 aromatic heterocycles. The van der Waals surface area contributed by atoms with E-state index >= 15 is 0 Å². The maximum Gasteiger partial charge on any atom is 0.279 e. The summed E-state index contributed by atoms with van der Waals surface area (Å²) >= 11 is 0. The van der Waals surface area contributed by atoms with Gasteiger partial charge in [0.15, 0.2) is 0 Å². The van der Waals surface area contributed by atoms with E-state index in [2.05, 4.69) is 13.8 Å². The smallest absolute Gasteiger partial charge is 0.279 e. The fourth-order valence-corrected chi connectivity index (χ4v) is 3.15. The third-order valence-electron chi connectivity index (χ3n) is 5.28. The lowest BCUT2D eigenvalue weighted by Gasteiger charge is -2.09. The molecule has 1 aromatic carbocycles. The van der Waals surface area contributed by atoms with Crippen molar-refractivity contribution >= 4 is 11.4 Å². The number of aryl methyl sites for hydroxylation is 1. The van der Waals surface area contributed by atoms with Gasteiger partial charge < -0.3 is 33.2 Å². The van der Waals surface area contributed by atoms with Gasteiger partial charge in [0.25, 0.3) is 11.4 Å². The van der Waals surface area contributed by atoms with Gasteiger partial charge in [-0.1, -0.05) is 13.8 Å². The van der Waals surface area contributed by atoms with Crippen LogP contribution in [0, 0.1) is 26.1 Å². The molecular formula is C26H44N2O11.